The molecule has 3 aliphatic carbocycles. The number of rotatable bonds is 8. The molecule has 1 spiro atoms. The number of nitrogens with zero attached hydrogens (tertiary/aromatic N) is 1. The van der Waals surface area contributed by atoms with Crippen LogP contribution in [0.3, 0.4) is 0 Å². The van der Waals surface area contributed by atoms with Crippen LogP contribution in [0.2, 0.25) is 0 Å². The second-order valence-electron chi connectivity index (χ2n) is 12.1. The maximum absolute atomic E-state index is 13.8. The SMILES string of the molecule is CCCCNC(=O)C1=C(C(=O)NC(C)C)C[C@@]2(O)[C@H]3Cc4ccc(O)c5c4[C@@]2(CCN3CC2CC2)[C@H]1O5. The summed E-state index contributed by atoms with van der Waals surface area (Å²) < 4.78 is 6.50. The number of aromatic hydroxyl groups is 1. The first-order valence-corrected chi connectivity index (χ1v) is 14.0. The number of aliphatic hydroxyl groups is 1. The molecule has 0 aromatic heterocycles. The molecule has 1 aromatic carbocycles. The zero-order chi connectivity index (χ0) is 26.1. The summed E-state index contributed by atoms with van der Waals surface area (Å²) in [4.78, 5) is 29.8. The number of hydrogen-bond acceptors (Lipinski definition) is 6. The van der Waals surface area contributed by atoms with E-state index in [1.54, 1.807) is 6.07 Å². The highest BCUT2D eigenvalue weighted by molar-refractivity contribution is 6.07. The second-order valence-corrected chi connectivity index (χ2v) is 12.1. The van der Waals surface area contributed by atoms with E-state index in [1.165, 1.54) is 12.8 Å². The number of amides is 2. The number of unbranched alkanes of at least 4 members (excludes halogenated alkanes) is 1. The average molecular weight is 510 g/mol. The first-order valence-electron chi connectivity index (χ1n) is 14.0. The molecule has 4 atom stereocenters. The van der Waals surface area contributed by atoms with Gasteiger partial charge in [-0.05, 0) is 70.0 Å². The van der Waals surface area contributed by atoms with Crippen LogP contribution < -0.4 is 15.4 Å². The third-order valence-electron chi connectivity index (χ3n) is 9.30. The highest BCUT2D eigenvalue weighted by atomic mass is 16.5. The van der Waals surface area contributed by atoms with Crippen LogP contribution in [-0.4, -0.2) is 70.4 Å². The number of hydrogen-bond donors (Lipinski definition) is 4. The minimum atomic E-state index is -1.30. The summed E-state index contributed by atoms with van der Waals surface area (Å²) in [6, 6.07) is 3.29. The summed E-state index contributed by atoms with van der Waals surface area (Å²) in [6.45, 7) is 8.07. The first kappa shape index (κ1) is 24.7. The van der Waals surface area contributed by atoms with Crippen molar-refractivity contribution in [3.63, 3.8) is 0 Å². The van der Waals surface area contributed by atoms with Gasteiger partial charge in [0.2, 0.25) is 5.91 Å². The van der Waals surface area contributed by atoms with Gasteiger partial charge in [0.15, 0.2) is 11.5 Å². The molecule has 1 saturated carbocycles. The number of likely N-dealkylation sites (tertiary alicyclic amines) is 1. The van der Waals surface area contributed by atoms with Gasteiger partial charge in [0.25, 0.3) is 5.91 Å². The lowest BCUT2D eigenvalue weighted by molar-refractivity contribution is -0.168. The van der Waals surface area contributed by atoms with E-state index >= 15 is 0 Å². The van der Waals surface area contributed by atoms with E-state index < -0.39 is 17.1 Å². The number of benzene rings is 1. The number of carbonyl (C=O) groups is 2. The van der Waals surface area contributed by atoms with Crippen LogP contribution in [0.25, 0.3) is 0 Å². The van der Waals surface area contributed by atoms with Crippen molar-refractivity contribution in [3.8, 4) is 11.5 Å². The molecule has 1 saturated heterocycles. The van der Waals surface area contributed by atoms with Gasteiger partial charge in [-0.3, -0.25) is 14.5 Å². The normalized spacial score (nSPS) is 31.7. The Morgan fingerprint density at radius 2 is 2.03 bits per heavy atom. The van der Waals surface area contributed by atoms with E-state index in [0.29, 0.717) is 42.2 Å². The molecule has 0 unspecified atom stereocenters. The number of phenolic OH excluding ortho intramolecular Hbond substituents is 1. The predicted molar refractivity (Wildman–Crippen MR) is 138 cm³/mol. The van der Waals surface area contributed by atoms with Crippen molar-refractivity contribution in [2.24, 2.45) is 5.92 Å². The number of piperidine rings is 1. The van der Waals surface area contributed by atoms with Gasteiger partial charge >= 0.3 is 0 Å². The van der Waals surface area contributed by atoms with Crippen LogP contribution in [0.4, 0.5) is 0 Å². The van der Waals surface area contributed by atoms with Gasteiger partial charge in [-0.2, -0.15) is 0 Å². The van der Waals surface area contributed by atoms with Gasteiger partial charge in [0.1, 0.15) is 6.10 Å². The van der Waals surface area contributed by atoms with Crippen LogP contribution in [0.5, 0.6) is 11.5 Å². The van der Waals surface area contributed by atoms with E-state index in [2.05, 4.69) is 22.5 Å². The molecule has 4 N–H and O–H groups in total. The summed E-state index contributed by atoms with van der Waals surface area (Å²) in [5, 5.41) is 29.6. The third-order valence-corrected chi connectivity index (χ3v) is 9.30. The minimum absolute atomic E-state index is 0.0164. The maximum atomic E-state index is 13.8. The molecule has 8 nitrogen and oxygen atoms in total. The largest absolute Gasteiger partial charge is 0.504 e. The number of phenols is 1. The molecule has 2 heterocycles. The van der Waals surface area contributed by atoms with Crippen LogP contribution in [0.1, 0.15) is 70.4 Å². The van der Waals surface area contributed by atoms with Gasteiger partial charge in [0, 0.05) is 42.7 Å². The Labute approximate surface area is 218 Å². The van der Waals surface area contributed by atoms with E-state index in [1.807, 2.05) is 19.9 Å². The summed E-state index contributed by atoms with van der Waals surface area (Å²) >= 11 is 0. The fourth-order valence-corrected chi connectivity index (χ4v) is 7.47. The first-order chi connectivity index (χ1) is 17.7. The van der Waals surface area contributed by atoms with Crippen LogP contribution in [0, 0.1) is 5.92 Å². The molecule has 200 valence electrons. The molecule has 0 radical (unpaired) electrons. The summed E-state index contributed by atoms with van der Waals surface area (Å²) in [7, 11) is 0. The lowest BCUT2D eigenvalue weighted by Gasteiger charge is -2.63. The third kappa shape index (κ3) is 3.55. The molecule has 6 rings (SSSR count). The van der Waals surface area contributed by atoms with Gasteiger partial charge in [-0.25, -0.2) is 0 Å². The molecule has 1 aromatic rings. The molecule has 8 heteroatoms. The van der Waals surface area contributed by atoms with Crippen molar-refractivity contribution < 1.29 is 24.5 Å². The molecule has 2 aliphatic heterocycles. The lowest BCUT2D eigenvalue weighted by Crippen LogP contribution is -2.76. The zero-order valence-corrected chi connectivity index (χ0v) is 22.1. The molecular weight excluding hydrogens is 470 g/mol. The second kappa shape index (κ2) is 8.73. The summed E-state index contributed by atoms with van der Waals surface area (Å²) in [5.74, 6) is 0.385. The van der Waals surface area contributed by atoms with Crippen molar-refractivity contribution in [3.05, 3.63) is 34.4 Å². The Morgan fingerprint density at radius 1 is 1.24 bits per heavy atom. The smallest absolute Gasteiger partial charge is 0.251 e. The van der Waals surface area contributed by atoms with Crippen molar-refractivity contribution in [2.75, 3.05) is 19.6 Å². The molecule has 2 amide bonds. The summed E-state index contributed by atoms with van der Waals surface area (Å²) in [6.07, 6.45) is 4.68. The van der Waals surface area contributed by atoms with Gasteiger partial charge in [0.05, 0.1) is 16.6 Å². The monoisotopic (exact) mass is 509 g/mol. The van der Waals surface area contributed by atoms with Crippen LogP contribution >= 0.6 is 0 Å². The highest BCUT2D eigenvalue weighted by Crippen LogP contribution is 2.66. The van der Waals surface area contributed by atoms with E-state index in [9.17, 15) is 19.8 Å². The van der Waals surface area contributed by atoms with E-state index in [4.69, 9.17) is 4.74 Å². The number of carbonyl (C=O) groups excluding carboxylic acids is 2. The Morgan fingerprint density at radius 3 is 2.73 bits per heavy atom. The molecule has 37 heavy (non-hydrogen) atoms. The zero-order valence-electron chi connectivity index (χ0n) is 22.1. The number of ether oxygens (including phenoxy) is 1. The van der Waals surface area contributed by atoms with Crippen LogP contribution in [0.15, 0.2) is 23.3 Å². The van der Waals surface area contributed by atoms with E-state index in [-0.39, 0.29) is 36.1 Å². The topological polar surface area (TPSA) is 111 Å². The Bertz CT molecular complexity index is 1170. The standard InChI is InChI=1S/C29H39N3O5/c1-4-5-11-30-27(35)22-19(26(34)31-16(2)3)14-29(36)21-13-18-8-9-20(33)24-23(18)28(29,25(22)37-24)10-12-32(21)15-17-6-7-17/h8-9,16-17,21,25,33,36H,4-7,10-15H2,1-3H3,(H,30,35)(H,31,34)/t21-,25+,28+,29-/m1/s1. The average Bonchev–Trinajstić information content (AvgIpc) is 3.59. The Balaban J connectivity index is 1.53. The Kier molecular flexibility index (Phi) is 5.84. The number of nitrogens with one attached hydrogen (secondary N) is 2. The van der Waals surface area contributed by atoms with Crippen molar-refractivity contribution >= 4 is 11.8 Å². The maximum Gasteiger partial charge on any atom is 0.251 e. The molecule has 2 fully saturated rings. The van der Waals surface area contributed by atoms with Crippen molar-refractivity contribution in [1.82, 2.24) is 15.5 Å². The lowest BCUT2D eigenvalue weighted by atomic mass is 9.48. The van der Waals surface area contributed by atoms with Gasteiger partial charge in [-0.15, -0.1) is 0 Å². The Hall–Kier alpha value is -2.58. The predicted octanol–water partition coefficient (Wildman–Crippen LogP) is 2.30. The van der Waals surface area contributed by atoms with Crippen molar-refractivity contribution in [2.45, 2.75) is 94.9 Å². The quantitative estimate of drug-likeness (QED) is 0.400. The molecular formula is C29H39N3O5. The van der Waals surface area contributed by atoms with Gasteiger partial charge < -0.3 is 25.6 Å². The van der Waals surface area contributed by atoms with Gasteiger partial charge in [-0.1, -0.05) is 19.4 Å². The fraction of sp³-hybridized carbons (Fsp3) is 0.655. The van der Waals surface area contributed by atoms with Crippen LogP contribution in [-0.2, 0) is 21.4 Å². The minimum Gasteiger partial charge on any atom is -0.504 e. The fourth-order valence-electron chi connectivity index (χ4n) is 7.47. The highest BCUT2D eigenvalue weighted by Gasteiger charge is 2.73. The van der Waals surface area contributed by atoms with Crippen molar-refractivity contribution in [1.29, 1.82) is 0 Å². The molecule has 2 bridgehead atoms. The van der Waals surface area contributed by atoms with E-state index in [0.717, 1.165) is 37.1 Å². The summed E-state index contributed by atoms with van der Waals surface area (Å²) in [5.41, 5.74) is 0.318. The molecule has 5 aliphatic rings.